The van der Waals surface area contributed by atoms with Gasteiger partial charge in [-0.05, 0) is 59.8 Å². The molecule has 2 rings (SSSR count). The lowest BCUT2D eigenvalue weighted by molar-refractivity contribution is 0.416. The highest BCUT2D eigenvalue weighted by Gasteiger charge is 2.26. The fraction of sp³-hybridized carbons (Fsp3) is 0.500. The summed E-state index contributed by atoms with van der Waals surface area (Å²) in [5.74, 6) is 0. The summed E-state index contributed by atoms with van der Waals surface area (Å²) in [5, 5.41) is 0.179. The van der Waals surface area contributed by atoms with Crippen molar-refractivity contribution in [3.63, 3.8) is 0 Å². The van der Waals surface area contributed by atoms with E-state index in [-0.39, 0.29) is 16.3 Å². The van der Waals surface area contributed by atoms with E-state index in [0.29, 0.717) is 4.47 Å². The molecule has 3 nitrogen and oxygen atoms in total. The topological polar surface area (TPSA) is 46.2 Å². The van der Waals surface area contributed by atoms with Crippen LogP contribution < -0.4 is 4.72 Å². The molecule has 0 saturated heterocycles. The fourth-order valence-electron chi connectivity index (χ4n) is 2.14. The molecule has 1 N–H and O–H groups in total. The number of rotatable bonds is 3. The Morgan fingerprint density at radius 2 is 1.79 bits per heavy atom. The number of hydrogen-bond acceptors (Lipinski definition) is 2. The first-order chi connectivity index (χ1) is 8.88. The molecular formula is C12H14Br2ClNO2S. The van der Waals surface area contributed by atoms with Gasteiger partial charge in [0, 0.05) is 20.4 Å². The molecule has 19 heavy (non-hydrogen) atoms. The molecule has 0 heterocycles. The van der Waals surface area contributed by atoms with Crippen molar-refractivity contribution in [2.45, 2.75) is 42.0 Å². The maximum atomic E-state index is 12.4. The molecule has 0 radical (unpaired) electrons. The average Bonchev–Trinajstić information content (AvgIpc) is 2.35. The number of benzene rings is 1. The molecule has 1 aromatic rings. The van der Waals surface area contributed by atoms with Gasteiger partial charge in [0.15, 0.2) is 0 Å². The van der Waals surface area contributed by atoms with Crippen molar-refractivity contribution in [3.05, 3.63) is 27.1 Å². The summed E-state index contributed by atoms with van der Waals surface area (Å²) in [6.07, 6.45) is 3.29. The lowest BCUT2D eigenvalue weighted by Crippen LogP contribution is -2.37. The van der Waals surface area contributed by atoms with E-state index in [1.165, 1.54) is 0 Å². The molecule has 0 spiro atoms. The van der Waals surface area contributed by atoms with E-state index in [1.807, 2.05) is 0 Å². The van der Waals surface area contributed by atoms with Crippen molar-refractivity contribution in [2.75, 3.05) is 0 Å². The molecule has 0 bridgehead atoms. The van der Waals surface area contributed by atoms with E-state index in [1.54, 1.807) is 18.2 Å². The third-order valence-corrected chi connectivity index (χ3v) is 6.61. The van der Waals surface area contributed by atoms with Gasteiger partial charge in [-0.15, -0.1) is 11.6 Å². The van der Waals surface area contributed by atoms with Gasteiger partial charge in [0.25, 0.3) is 0 Å². The number of halogens is 3. The first kappa shape index (κ1) is 15.8. The lowest BCUT2D eigenvalue weighted by Gasteiger charge is -2.25. The summed E-state index contributed by atoms with van der Waals surface area (Å²) >= 11 is 12.6. The van der Waals surface area contributed by atoms with Crippen LogP contribution in [0.25, 0.3) is 0 Å². The molecule has 0 atom stereocenters. The summed E-state index contributed by atoms with van der Waals surface area (Å²) < 4.78 is 28.8. The molecule has 0 amide bonds. The standard InChI is InChI=1S/C12H14Br2ClNO2S/c13-8-1-6-11(14)12(7-8)19(17,18)16-10-4-2-9(15)3-5-10/h1,6-7,9-10,16H,2-5H2. The van der Waals surface area contributed by atoms with Crippen molar-refractivity contribution in [1.29, 1.82) is 0 Å². The van der Waals surface area contributed by atoms with Crippen molar-refractivity contribution >= 4 is 53.5 Å². The molecule has 1 fully saturated rings. The summed E-state index contributed by atoms with van der Waals surface area (Å²) in [6.45, 7) is 0. The lowest BCUT2D eigenvalue weighted by atomic mass is 9.96. The van der Waals surface area contributed by atoms with Crippen molar-refractivity contribution in [2.24, 2.45) is 0 Å². The summed E-state index contributed by atoms with van der Waals surface area (Å²) in [5.41, 5.74) is 0. The quantitative estimate of drug-likeness (QED) is 0.735. The fourth-order valence-corrected chi connectivity index (χ4v) is 5.20. The first-order valence-electron chi connectivity index (χ1n) is 6.00. The molecule has 1 aliphatic rings. The van der Waals surface area contributed by atoms with E-state index >= 15 is 0 Å². The first-order valence-corrected chi connectivity index (χ1v) is 9.50. The molecule has 0 unspecified atom stereocenters. The van der Waals surface area contributed by atoms with Crippen molar-refractivity contribution < 1.29 is 8.42 Å². The molecular weight excluding hydrogens is 417 g/mol. The van der Waals surface area contributed by atoms with Crippen LogP contribution in [0.15, 0.2) is 32.0 Å². The highest BCUT2D eigenvalue weighted by Crippen LogP contribution is 2.28. The van der Waals surface area contributed by atoms with E-state index in [0.717, 1.165) is 30.2 Å². The summed E-state index contributed by atoms with van der Waals surface area (Å²) in [4.78, 5) is 0.259. The molecule has 1 saturated carbocycles. The molecule has 1 aromatic carbocycles. The monoisotopic (exact) mass is 429 g/mol. The van der Waals surface area contributed by atoms with Crippen LogP contribution in [0.3, 0.4) is 0 Å². The second kappa shape index (κ2) is 6.43. The smallest absolute Gasteiger partial charge is 0.208 e. The number of nitrogens with one attached hydrogen (secondary N) is 1. The highest BCUT2D eigenvalue weighted by molar-refractivity contribution is 9.11. The van der Waals surface area contributed by atoms with E-state index in [9.17, 15) is 8.42 Å². The van der Waals surface area contributed by atoms with Gasteiger partial charge < -0.3 is 0 Å². The minimum atomic E-state index is -3.50. The van der Waals surface area contributed by atoms with Gasteiger partial charge in [-0.25, -0.2) is 13.1 Å². The second-order valence-corrected chi connectivity index (χ2v) is 8.71. The van der Waals surface area contributed by atoms with Crippen LogP contribution in [-0.2, 0) is 10.0 Å². The second-order valence-electron chi connectivity index (χ2n) is 4.64. The van der Waals surface area contributed by atoms with Crippen molar-refractivity contribution in [1.82, 2.24) is 4.72 Å². The molecule has 7 heteroatoms. The minimum absolute atomic E-state index is 0.0223. The molecule has 0 aliphatic heterocycles. The average molecular weight is 432 g/mol. The Bertz CT molecular complexity index is 557. The van der Waals surface area contributed by atoms with Gasteiger partial charge in [0.1, 0.15) is 0 Å². The van der Waals surface area contributed by atoms with Crippen LogP contribution in [-0.4, -0.2) is 19.8 Å². The summed E-state index contributed by atoms with van der Waals surface area (Å²) in [7, 11) is -3.50. The number of hydrogen-bond donors (Lipinski definition) is 1. The zero-order valence-corrected chi connectivity index (χ0v) is 14.8. The normalized spacial score (nSPS) is 24.4. The van der Waals surface area contributed by atoms with E-state index in [2.05, 4.69) is 36.6 Å². The van der Waals surface area contributed by atoms with E-state index < -0.39 is 10.0 Å². The Balaban J connectivity index is 2.16. The largest absolute Gasteiger partial charge is 0.241 e. The Labute approximate surface area is 135 Å². The Morgan fingerprint density at radius 1 is 1.16 bits per heavy atom. The number of sulfonamides is 1. The van der Waals surface area contributed by atoms with Crippen molar-refractivity contribution in [3.8, 4) is 0 Å². The van der Waals surface area contributed by atoms with Gasteiger partial charge in [0.2, 0.25) is 10.0 Å². The maximum absolute atomic E-state index is 12.4. The van der Waals surface area contributed by atoms with Gasteiger partial charge in [-0.1, -0.05) is 15.9 Å². The van der Waals surface area contributed by atoms with Crippen LogP contribution >= 0.6 is 43.5 Å². The Morgan fingerprint density at radius 3 is 2.42 bits per heavy atom. The zero-order valence-electron chi connectivity index (χ0n) is 10.1. The summed E-state index contributed by atoms with van der Waals surface area (Å²) in [6, 6.07) is 5.08. The highest BCUT2D eigenvalue weighted by atomic mass is 79.9. The molecule has 106 valence electrons. The predicted octanol–water partition coefficient (Wildman–Crippen LogP) is 4.04. The van der Waals surface area contributed by atoms with Gasteiger partial charge in [-0.3, -0.25) is 0 Å². The van der Waals surface area contributed by atoms with Crippen LogP contribution in [0, 0.1) is 0 Å². The predicted molar refractivity (Wildman–Crippen MR) is 84.1 cm³/mol. The zero-order chi connectivity index (χ0) is 14.0. The molecule has 0 aromatic heterocycles. The third-order valence-electron chi connectivity index (χ3n) is 3.16. The Kier molecular flexibility index (Phi) is 5.34. The SMILES string of the molecule is O=S(=O)(NC1CCC(Cl)CC1)c1cc(Br)ccc1Br. The molecule has 1 aliphatic carbocycles. The third kappa shape index (κ3) is 4.17. The van der Waals surface area contributed by atoms with Gasteiger partial charge in [0.05, 0.1) is 4.90 Å². The van der Waals surface area contributed by atoms with Gasteiger partial charge >= 0.3 is 0 Å². The minimum Gasteiger partial charge on any atom is -0.208 e. The van der Waals surface area contributed by atoms with Crippen LogP contribution in [0.5, 0.6) is 0 Å². The van der Waals surface area contributed by atoms with Crippen LogP contribution in [0.1, 0.15) is 25.7 Å². The van der Waals surface area contributed by atoms with Crippen LogP contribution in [0.4, 0.5) is 0 Å². The van der Waals surface area contributed by atoms with E-state index in [4.69, 9.17) is 11.6 Å². The number of alkyl halides is 1. The Hall–Kier alpha value is 0.380. The maximum Gasteiger partial charge on any atom is 0.241 e. The van der Waals surface area contributed by atoms with Crippen LogP contribution in [0.2, 0.25) is 0 Å². The van der Waals surface area contributed by atoms with Gasteiger partial charge in [-0.2, -0.15) is 0 Å².